The smallest absolute Gasteiger partial charge is 0.191 e. The molecule has 2 aliphatic heterocycles. The number of guanidine groups is 1. The minimum atomic E-state index is 0. The molecule has 0 spiro atoms. The van der Waals surface area contributed by atoms with Crippen molar-refractivity contribution >= 4 is 29.9 Å². The average molecular weight is 499 g/mol. The minimum absolute atomic E-state index is 0. The number of nitrogens with two attached hydrogens (primary N) is 1. The number of nitrogens with zero attached hydrogens (tertiary/aromatic N) is 4. The standard InChI is InChI=1S/C22H37N5.HI/c1-20-9-13-27(14-10-20)22(23)24-11-5-6-12-25-15-17-26(18-16-25)19-21-7-3-2-4-8-21;/h2-4,7-8,20H,5-6,9-19H2,1H3,(H2,23,24);1H. The summed E-state index contributed by atoms with van der Waals surface area (Å²) in [4.78, 5) is 12.0. The molecule has 3 rings (SSSR count). The van der Waals surface area contributed by atoms with E-state index in [-0.39, 0.29) is 24.0 Å². The van der Waals surface area contributed by atoms with Crippen molar-refractivity contribution in [2.75, 3.05) is 52.4 Å². The zero-order valence-corrected chi connectivity index (χ0v) is 19.8. The molecule has 1 aromatic rings. The number of piperidine rings is 1. The zero-order chi connectivity index (χ0) is 18.9. The molecule has 2 saturated heterocycles. The van der Waals surface area contributed by atoms with Gasteiger partial charge in [-0.2, -0.15) is 0 Å². The highest BCUT2D eigenvalue weighted by Gasteiger charge is 2.17. The van der Waals surface area contributed by atoms with E-state index < -0.39 is 0 Å². The van der Waals surface area contributed by atoms with Gasteiger partial charge in [0.05, 0.1) is 0 Å². The molecule has 0 aliphatic carbocycles. The second-order valence-electron chi connectivity index (χ2n) is 8.22. The fraction of sp³-hybridized carbons (Fsp3) is 0.682. The van der Waals surface area contributed by atoms with E-state index in [0.717, 1.165) is 44.5 Å². The summed E-state index contributed by atoms with van der Waals surface area (Å²) in [6.07, 6.45) is 4.83. The van der Waals surface area contributed by atoms with Gasteiger partial charge in [-0.3, -0.25) is 9.89 Å². The van der Waals surface area contributed by atoms with Crippen molar-refractivity contribution in [3.8, 4) is 0 Å². The number of hydrogen-bond donors (Lipinski definition) is 1. The Labute approximate surface area is 188 Å². The quantitative estimate of drug-likeness (QED) is 0.271. The van der Waals surface area contributed by atoms with Crippen LogP contribution in [-0.2, 0) is 6.54 Å². The van der Waals surface area contributed by atoms with Crippen molar-refractivity contribution in [1.29, 1.82) is 0 Å². The fourth-order valence-corrected chi connectivity index (χ4v) is 3.99. The molecule has 5 nitrogen and oxygen atoms in total. The monoisotopic (exact) mass is 499 g/mol. The molecule has 0 radical (unpaired) electrons. The lowest BCUT2D eigenvalue weighted by molar-refractivity contribution is 0.126. The molecule has 2 fully saturated rings. The van der Waals surface area contributed by atoms with Crippen LogP contribution in [0.2, 0.25) is 0 Å². The van der Waals surface area contributed by atoms with Crippen LogP contribution in [-0.4, -0.2) is 73.0 Å². The third-order valence-corrected chi connectivity index (χ3v) is 5.98. The lowest BCUT2D eigenvalue weighted by Gasteiger charge is -2.34. The van der Waals surface area contributed by atoms with Crippen LogP contribution in [0.15, 0.2) is 35.3 Å². The lowest BCUT2D eigenvalue weighted by atomic mass is 10.00. The molecular weight excluding hydrogens is 461 g/mol. The molecule has 0 atom stereocenters. The maximum Gasteiger partial charge on any atom is 0.191 e. The molecular formula is C22H38IN5. The van der Waals surface area contributed by atoms with Gasteiger partial charge in [-0.15, -0.1) is 24.0 Å². The fourth-order valence-electron chi connectivity index (χ4n) is 3.99. The van der Waals surface area contributed by atoms with E-state index in [0.29, 0.717) is 0 Å². The van der Waals surface area contributed by atoms with Gasteiger partial charge < -0.3 is 15.5 Å². The topological polar surface area (TPSA) is 48.1 Å². The largest absolute Gasteiger partial charge is 0.370 e. The summed E-state index contributed by atoms with van der Waals surface area (Å²) in [5.41, 5.74) is 7.58. The third kappa shape index (κ3) is 7.87. The molecule has 2 aliphatic rings. The first-order valence-electron chi connectivity index (χ1n) is 10.7. The molecule has 158 valence electrons. The van der Waals surface area contributed by atoms with Crippen LogP contribution in [0.5, 0.6) is 0 Å². The molecule has 28 heavy (non-hydrogen) atoms. The number of halogens is 1. The normalized spacial score (nSPS) is 20.2. The van der Waals surface area contributed by atoms with Crippen LogP contribution in [0.1, 0.15) is 38.2 Å². The van der Waals surface area contributed by atoms with Crippen molar-refractivity contribution in [2.45, 2.75) is 39.2 Å². The zero-order valence-electron chi connectivity index (χ0n) is 17.4. The Hall–Kier alpha value is -0.860. The highest BCUT2D eigenvalue weighted by molar-refractivity contribution is 14.0. The molecule has 2 N–H and O–H groups in total. The van der Waals surface area contributed by atoms with Crippen LogP contribution in [0, 0.1) is 5.92 Å². The van der Waals surface area contributed by atoms with Crippen molar-refractivity contribution in [3.63, 3.8) is 0 Å². The van der Waals surface area contributed by atoms with E-state index in [2.05, 4.69) is 56.9 Å². The van der Waals surface area contributed by atoms with E-state index >= 15 is 0 Å². The van der Waals surface area contributed by atoms with Crippen molar-refractivity contribution in [3.05, 3.63) is 35.9 Å². The van der Waals surface area contributed by atoms with Crippen molar-refractivity contribution in [2.24, 2.45) is 16.6 Å². The minimum Gasteiger partial charge on any atom is -0.370 e. The summed E-state index contributed by atoms with van der Waals surface area (Å²) in [5, 5.41) is 0. The van der Waals surface area contributed by atoms with E-state index in [1.165, 1.54) is 57.5 Å². The maximum absolute atomic E-state index is 6.16. The van der Waals surface area contributed by atoms with Crippen molar-refractivity contribution < 1.29 is 0 Å². The van der Waals surface area contributed by atoms with Gasteiger partial charge in [0.2, 0.25) is 0 Å². The Balaban J connectivity index is 0.00000280. The van der Waals surface area contributed by atoms with Gasteiger partial charge in [0.15, 0.2) is 5.96 Å². The summed E-state index contributed by atoms with van der Waals surface area (Å²) in [6, 6.07) is 10.8. The Morgan fingerprint density at radius 1 is 0.964 bits per heavy atom. The number of unbranched alkanes of at least 4 members (excludes halogenated alkanes) is 1. The Morgan fingerprint density at radius 2 is 1.61 bits per heavy atom. The number of piperazine rings is 1. The van der Waals surface area contributed by atoms with Gasteiger partial charge >= 0.3 is 0 Å². The van der Waals surface area contributed by atoms with Gasteiger partial charge in [0.1, 0.15) is 0 Å². The highest BCUT2D eigenvalue weighted by atomic mass is 127. The van der Waals surface area contributed by atoms with E-state index in [4.69, 9.17) is 5.73 Å². The predicted molar refractivity (Wildman–Crippen MR) is 129 cm³/mol. The Morgan fingerprint density at radius 3 is 2.29 bits per heavy atom. The summed E-state index contributed by atoms with van der Waals surface area (Å²) >= 11 is 0. The summed E-state index contributed by atoms with van der Waals surface area (Å²) in [6.45, 7) is 12.3. The molecule has 0 bridgehead atoms. The van der Waals surface area contributed by atoms with Crippen molar-refractivity contribution in [1.82, 2.24) is 14.7 Å². The molecule has 0 saturated carbocycles. The number of hydrogen-bond acceptors (Lipinski definition) is 3. The molecule has 0 unspecified atom stereocenters. The molecule has 0 aromatic heterocycles. The number of likely N-dealkylation sites (tertiary alicyclic amines) is 1. The van der Waals surface area contributed by atoms with Crippen LogP contribution in [0.25, 0.3) is 0 Å². The third-order valence-electron chi connectivity index (χ3n) is 5.98. The highest BCUT2D eigenvalue weighted by Crippen LogP contribution is 2.15. The molecule has 2 heterocycles. The first kappa shape index (κ1) is 23.4. The van der Waals surface area contributed by atoms with Gasteiger partial charge in [-0.1, -0.05) is 37.3 Å². The number of benzene rings is 1. The summed E-state index contributed by atoms with van der Waals surface area (Å²) in [5.74, 6) is 1.60. The Bertz CT molecular complexity index is 564. The van der Waals surface area contributed by atoms with E-state index in [1.807, 2.05) is 0 Å². The van der Waals surface area contributed by atoms with Gasteiger partial charge in [0.25, 0.3) is 0 Å². The first-order valence-corrected chi connectivity index (χ1v) is 10.7. The summed E-state index contributed by atoms with van der Waals surface area (Å²) in [7, 11) is 0. The molecule has 1 aromatic carbocycles. The maximum atomic E-state index is 6.16. The van der Waals surface area contributed by atoms with Gasteiger partial charge in [-0.25, -0.2) is 0 Å². The first-order chi connectivity index (χ1) is 13.2. The van der Waals surface area contributed by atoms with Crippen LogP contribution in [0.3, 0.4) is 0 Å². The van der Waals surface area contributed by atoms with Gasteiger partial charge in [-0.05, 0) is 43.7 Å². The van der Waals surface area contributed by atoms with E-state index in [9.17, 15) is 0 Å². The van der Waals surface area contributed by atoms with Crippen LogP contribution < -0.4 is 5.73 Å². The average Bonchev–Trinajstić information content (AvgIpc) is 2.70. The molecule has 0 amide bonds. The van der Waals surface area contributed by atoms with E-state index in [1.54, 1.807) is 0 Å². The second-order valence-corrected chi connectivity index (χ2v) is 8.22. The predicted octanol–water partition coefficient (Wildman–Crippen LogP) is 3.25. The summed E-state index contributed by atoms with van der Waals surface area (Å²) < 4.78 is 0. The number of rotatable bonds is 7. The van der Waals surface area contributed by atoms with Gasteiger partial charge in [0, 0.05) is 52.4 Å². The van der Waals surface area contributed by atoms with Crippen LogP contribution in [0.4, 0.5) is 0 Å². The number of aliphatic imine (C=N–C) groups is 1. The van der Waals surface area contributed by atoms with Crippen LogP contribution >= 0.6 is 24.0 Å². The Kier molecular flexibility index (Phi) is 10.6. The molecule has 6 heteroatoms. The lowest BCUT2D eigenvalue weighted by Crippen LogP contribution is -2.46. The second kappa shape index (κ2) is 12.6. The SMILES string of the molecule is CC1CCN(C(N)=NCCCCN2CCN(Cc3ccccc3)CC2)CC1.I.